The number of likely N-dealkylation sites (tertiary alicyclic amines) is 1. The van der Waals surface area contributed by atoms with Gasteiger partial charge in [-0.2, -0.15) is 0 Å². The molecule has 0 aliphatic carbocycles. The molecule has 4 nitrogen and oxygen atoms in total. The average Bonchev–Trinajstić information content (AvgIpc) is 2.45. The highest BCUT2D eigenvalue weighted by atomic mass is 35.5. The number of nitrogens with zero attached hydrogens (tertiary/aromatic N) is 1. The molecule has 1 heterocycles. The normalized spacial score (nSPS) is 18.6. The lowest BCUT2D eigenvalue weighted by Crippen LogP contribution is -2.47. The quantitative estimate of drug-likeness (QED) is 0.928. The molecule has 0 unspecified atom stereocenters. The standard InChI is InChI=1S/C14H20N2O2.ClH/c15-10-13-8-4-5-9-16(13)14(17)18-11-12-6-2-1-3-7-12;/h1-3,6-7,13H,4-5,8-11,15H2;1H/t13-;/m0./s1. The van der Waals surface area contributed by atoms with Crippen LogP contribution in [0.5, 0.6) is 0 Å². The molecular formula is C14H21ClN2O2. The van der Waals surface area contributed by atoms with E-state index in [0.717, 1.165) is 31.4 Å². The minimum Gasteiger partial charge on any atom is -0.445 e. The fraction of sp³-hybridized carbons (Fsp3) is 0.500. The molecule has 1 fully saturated rings. The third-order valence-electron chi connectivity index (χ3n) is 3.34. The molecule has 2 rings (SSSR count). The molecule has 0 bridgehead atoms. The highest BCUT2D eigenvalue weighted by molar-refractivity contribution is 5.85. The maximum Gasteiger partial charge on any atom is 0.410 e. The van der Waals surface area contributed by atoms with Crippen LogP contribution in [0.1, 0.15) is 24.8 Å². The van der Waals surface area contributed by atoms with Gasteiger partial charge in [0.25, 0.3) is 0 Å². The topological polar surface area (TPSA) is 55.6 Å². The minimum atomic E-state index is -0.242. The van der Waals surface area contributed by atoms with E-state index in [1.54, 1.807) is 4.90 Å². The van der Waals surface area contributed by atoms with Gasteiger partial charge in [-0.25, -0.2) is 4.79 Å². The molecule has 1 atom stereocenters. The molecule has 1 aromatic rings. The number of piperidine rings is 1. The molecule has 1 aliphatic heterocycles. The van der Waals surface area contributed by atoms with Crippen LogP contribution in [-0.4, -0.2) is 30.1 Å². The van der Waals surface area contributed by atoms with E-state index in [2.05, 4.69) is 0 Å². The van der Waals surface area contributed by atoms with Gasteiger partial charge in [0, 0.05) is 19.1 Å². The second kappa shape index (κ2) is 8.02. The summed E-state index contributed by atoms with van der Waals surface area (Å²) in [7, 11) is 0. The predicted octanol–water partition coefficient (Wildman–Crippen LogP) is 2.56. The molecule has 19 heavy (non-hydrogen) atoms. The Labute approximate surface area is 120 Å². The Morgan fingerprint density at radius 1 is 1.32 bits per heavy atom. The first-order valence-electron chi connectivity index (χ1n) is 6.48. The van der Waals surface area contributed by atoms with Gasteiger partial charge in [-0.15, -0.1) is 12.4 Å². The van der Waals surface area contributed by atoms with E-state index >= 15 is 0 Å². The largest absolute Gasteiger partial charge is 0.445 e. The summed E-state index contributed by atoms with van der Waals surface area (Å²) in [6.07, 6.45) is 2.92. The second-order valence-corrected chi connectivity index (χ2v) is 4.62. The van der Waals surface area contributed by atoms with Crippen LogP contribution in [0, 0.1) is 0 Å². The monoisotopic (exact) mass is 284 g/mol. The number of ether oxygens (including phenoxy) is 1. The fourth-order valence-electron chi connectivity index (χ4n) is 2.29. The lowest BCUT2D eigenvalue weighted by molar-refractivity contribution is 0.0699. The third-order valence-corrected chi connectivity index (χ3v) is 3.34. The van der Waals surface area contributed by atoms with E-state index in [0.29, 0.717) is 13.2 Å². The molecule has 106 valence electrons. The van der Waals surface area contributed by atoms with E-state index in [1.807, 2.05) is 30.3 Å². The highest BCUT2D eigenvalue weighted by Gasteiger charge is 2.26. The zero-order valence-electron chi connectivity index (χ0n) is 11.0. The molecule has 1 amide bonds. The summed E-state index contributed by atoms with van der Waals surface area (Å²) in [6, 6.07) is 9.86. The van der Waals surface area contributed by atoms with Crippen molar-refractivity contribution in [3.8, 4) is 0 Å². The first-order valence-corrected chi connectivity index (χ1v) is 6.48. The van der Waals surface area contributed by atoms with Crippen molar-refractivity contribution in [2.24, 2.45) is 5.73 Å². The SMILES string of the molecule is Cl.NC[C@@H]1CCCCN1C(=O)OCc1ccccc1. The van der Waals surface area contributed by atoms with Crippen molar-refractivity contribution < 1.29 is 9.53 Å². The van der Waals surface area contributed by atoms with Crippen LogP contribution in [-0.2, 0) is 11.3 Å². The Hall–Kier alpha value is -1.26. The minimum absolute atomic E-state index is 0. The van der Waals surface area contributed by atoms with Crippen molar-refractivity contribution in [2.45, 2.75) is 31.9 Å². The van der Waals surface area contributed by atoms with Gasteiger partial charge >= 0.3 is 6.09 Å². The summed E-state index contributed by atoms with van der Waals surface area (Å²) < 4.78 is 5.33. The van der Waals surface area contributed by atoms with E-state index in [-0.39, 0.29) is 24.5 Å². The maximum atomic E-state index is 12.0. The second-order valence-electron chi connectivity index (χ2n) is 4.62. The number of carbonyl (C=O) groups is 1. The lowest BCUT2D eigenvalue weighted by atomic mass is 10.0. The summed E-state index contributed by atoms with van der Waals surface area (Å²) in [5.41, 5.74) is 6.70. The molecular weight excluding hydrogens is 264 g/mol. The van der Waals surface area contributed by atoms with Crippen LogP contribution in [0.3, 0.4) is 0 Å². The summed E-state index contributed by atoms with van der Waals surface area (Å²) >= 11 is 0. The zero-order chi connectivity index (χ0) is 12.8. The van der Waals surface area contributed by atoms with Gasteiger partial charge in [-0.3, -0.25) is 0 Å². The van der Waals surface area contributed by atoms with Crippen molar-refractivity contribution >= 4 is 18.5 Å². The number of rotatable bonds is 3. The van der Waals surface area contributed by atoms with E-state index in [9.17, 15) is 4.79 Å². The van der Waals surface area contributed by atoms with Crippen molar-refractivity contribution in [1.29, 1.82) is 0 Å². The number of halogens is 1. The predicted molar refractivity (Wildman–Crippen MR) is 77.3 cm³/mol. The molecule has 0 spiro atoms. The number of amides is 1. The van der Waals surface area contributed by atoms with Gasteiger partial charge in [0.2, 0.25) is 0 Å². The average molecular weight is 285 g/mol. The Morgan fingerprint density at radius 2 is 2.05 bits per heavy atom. The van der Waals surface area contributed by atoms with E-state index in [4.69, 9.17) is 10.5 Å². The van der Waals surface area contributed by atoms with Gasteiger partial charge in [0.05, 0.1) is 0 Å². The van der Waals surface area contributed by atoms with Gasteiger partial charge in [-0.05, 0) is 24.8 Å². The van der Waals surface area contributed by atoms with Crippen LogP contribution >= 0.6 is 12.4 Å². The van der Waals surface area contributed by atoms with Gasteiger partial charge in [0.1, 0.15) is 6.61 Å². The van der Waals surface area contributed by atoms with Gasteiger partial charge < -0.3 is 15.4 Å². The van der Waals surface area contributed by atoms with Crippen molar-refractivity contribution in [2.75, 3.05) is 13.1 Å². The summed E-state index contributed by atoms with van der Waals surface area (Å²) in [5, 5.41) is 0. The van der Waals surface area contributed by atoms with Crippen molar-refractivity contribution in [3.63, 3.8) is 0 Å². The molecule has 0 saturated carbocycles. The van der Waals surface area contributed by atoms with Crippen LogP contribution in [0.15, 0.2) is 30.3 Å². The van der Waals surface area contributed by atoms with Crippen molar-refractivity contribution in [3.05, 3.63) is 35.9 Å². The Morgan fingerprint density at radius 3 is 2.74 bits per heavy atom. The van der Waals surface area contributed by atoms with E-state index in [1.165, 1.54) is 0 Å². The van der Waals surface area contributed by atoms with E-state index < -0.39 is 0 Å². The Balaban J connectivity index is 0.00000180. The Bertz CT molecular complexity index is 386. The maximum absolute atomic E-state index is 12.0. The first-order chi connectivity index (χ1) is 8.81. The number of benzene rings is 1. The van der Waals surface area contributed by atoms with Crippen LogP contribution in [0.25, 0.3) is 0 Å². The number of nitrogens with two attached hydrogens (primary N) is 1. The number of carbonyl (C=O) groups excluding carboxylic acids is 1. The van der Waals surface area contributed by atoms with Gasteiger partial charge in [0.15, 0.2) is 0 Å². The summed E-state index contributed by atoms with van der Waals surface area (Å²) in [4.78, 5) is 13.8. The molecule has 1 saturated heterocycles. The van der Waals surface area contributed by atoms with Crippen LogP contribution in [0.4, 0.5) is 4.79 Å². The van der Waals surface area contributed by atoms with Crippen LogP contribution in [0.2, 0.25) is 0 Å². The number of hydrogen-bond acceptors (Lipinski definition) is 3. The molecule has 5 heteroatoms. The molecule has 1 aliphatic rings. The number of hydrogen-bond donors (Lipinski definition) is 1. The lowest BCUT2D eigenvalue weighted by Gasteiger charge is -2.34. The fourth-order valence-corrected chi connectivity index (χ4v) is 2.29. The smallest absolute Gasteiger partial charge is 0.410 e. The van der Waals surface area contributed by atoms with Crippen LogP contribution < -0.4 is 5.73 Å². The van der Waals surface area contributed by atoms with Gasteiger partial charge in [-0.1, -0.05) is 30.3 Å². The zero-order valence-corrected chi connectivity index (χ0v) is 11.8. The highest BCUT2D eigenvalue weighted by Crippen LogP contribution is 2.17. The third kappa shape index (κ3) is 4.40. The first kappa shape index (κ1) is 15.8. The molecule has 2 N–H and O–H groups in total. The summed E-state index contributed by atoms with van der Waals surface area (Å²) in [6.45, 7) is 1.60. The molecule has 0 radical (unpaired) electrons. The molecule has 1 aromatic carbocycles. The Kier molecular flexibility index (Phi) is 6.67. The van der Waals surface area contributed by atoms with Crippen molar-refractivity contribution in [1.82, 2.24) is 4.90 Å². The molecule has 0 aromatic heterocycles. The summed E-state index contributed by atoms with van der Waals surface area (Å²) in [5.74, 6) is 0.